The molecule has 0 aliphatic carbocycles. The lowest BCUT2D eigenvalue weighted by molar-refractivity contribution is -0.120. The SMILES string of the molecule is O=C(Cc1cnn(C(c2ccccc2)(c2ccccc2)c2ccccc2)c1)NCc1ccc(F)cc1Cl. The van der Waals surface area contributed by atoms with Crippen LogP contribution in [0.15, 0.2) is 122 Å². The van der Waals surface area contributed by atoms with Gasteiger partial charge in [-0.1, -0.05) is 109 Å². The standard InChI is InChI=1S/C31H25ClFN3O/c32-29-19-28(33)17-16-24(29)21-34-30(37)18-23-20-35-36(22-23)31(25-10-4-1-5-11-25,26-12-6-2-7-13-26)27-14-8-3-9-15-27/h1-17,19-20,22H,18,21H2,(H,34,37). The second-order valence-corrected chi connectivity index (χ2v) is 9.20. The summed E-state index contributed by atoms with van der Waals surface area (Å²) in [6.07, 6.45) is 3.80. The molecule has 0 radical (unpaired) electrons. The highest BCUT2D eigenvalue weighted by Gasteiger charge is 2.39. The fraction of sp³-hybridized carbons (Fsp3) is 0.0968. The van der Waals surface area contributed by atoms with E-state index < -0.39 is 11.4 Å². The van der Waals surface area contributed by atoms with Gasteiger partial charge in [-0.15, -0.1) is 0 Å². The Labute approximate surface area is 220 Å². The van der Waals surface area contributed by atoms with E-state index in [9.17, 15) is 9.18 Å². The molecule has 0 saturated heterocycles. The third-order valence-corrected chi connectivity index (χ3v) is 6.76. The predicted molar refractivity (Wildman–Crippen MR) is 144 cm³/mol. The molecule has 0 fully saturated rings. The van der Waals surface area contributed by atoms with Crippen LogP contribution in [0.1, 0.15) is 27.8 Å². The number of carbonyl (C=O) groups is 1. The van der Waals surface area contributed by atoms with E-state index in [1.54, 1.807) is 12.3 Å². The molecule has 1 N–H and O–H groups in total. The van der Waals surface area contributed by atoms with E-state index in [1.807, 2.05) is 65.5 Å². The van der Waals surface area contributed by atoms with E-state index in [0.29, 0.717) is 5.56 Å². The lowest BCUT2D eigenvalue weighted by atomic mass is 9.77. The second-order valence-electron chi connectivity index (χ2n) is 8.79. The summed E-state index contributed by atoms with van der Waals surface area (Å²) in [6, 6.07) is 34.8. The highest BCUT2D eigenvalue weighted by atomic mass is 35.5. The molecule has 184 valence electrons. The van der Waals surface area contributed by atoms with E-state index in [0.717, 1.165) is 22.3 Å². The van der Waals surface area contributed by atoms with Crippen molar-refractivity contribution < 1.29 is 9.18 Å². The molecule has 0 spiro atoms. The highest BCUT2D eigenvalue weighted by Crippen LogP contribution is 2.40. The smallest absolute Gasteiger partial charge is 0.224 e. The van der Waals surface area contributed by atoms with Crippen molar-refractivity contribution in [1.29, 1.82) is 0 Å². The van der Waals surface area contributed by atoms with Crippen molar-refractivity contribution in [3.63, 3.8) is 0 Å². The molecule has 0 atom stereocenters. The molecule has 5 aromatic rings. The van der Waals surface area contributed by atoms with Crippen LogP contribution in [0.25, 0.3) is 0 Å². The van der Waals surface area contributed by atoms with Gasteiger partial charge in [-0.25, -0.2) is 4.39 Å². The van der Waals surface area contributed by atoms with Crippen LogP contribution < -0.4 is 5.32 Å². The number of nitrogens with one attached hydrogen (secondary N) is 1. The van der Waals surface area contributed by atoms with Crippen molar-refractivity contribution in [2.45, 2.75) is 18.5 Å². The first kappa shape index (κ1) is 24.5. The minimum Gasteiger partial charge on any atom is -0.352 e. The van der Waals surface area contributed by atoms with Gasteiger partial charge < -0.3 is 5.32 Å². The number of hydrogen-bond donors (Lipinski definition) is 1. The zero-order valence-electron chi connectivity index (χ0n) is 20.0. The number of aromatic nitrogens is 2. The summed E-state index contributed by atoms with van der Waals surface area (Å²) in [5.74, 6) is -0.587. The molecule has 0 aliphatic rings. The molecule has 37 heavy (non-hydrogen) atoms. The Morgan fingerprint density at radius 2 is 1.38 bits per heavy atom. The minimum absolute atomic E-state index is 0.146. The Morgan fingerprint density at radius 1 is 0.838 bits per heavy atom. The number of hydrogen-bond acceptors (Lipinski definition) is 2. The van der Waals surface area contributed by atoms with E-state index in [4.69, 9.17) is 16.7 Å². The van der Waals surface area contributed by atoms with Crippen molar-refractivity contribution in [1.82, 2.24) is 15.1 Å². The van der Waals surface area contributed by atoms with Gasteiger partial charge in [0.05, 0.1) is 12.6 Å². The van der Waals surface area contributed by atoms with Crippen LogP contribution >= 0.6 is 11.6 Å². The first-order valence-corrected chi connectivity index (χ1v) is 12.4. The largest absolute Gasteiger partial charge is 0.352 e. The van der Waals surface area contributed by atoms with Gasteiger partial charge in [0.25, 0.3) is 0 Å². The number of amides is 1. The molecular weight excluding hydrogens is 485 g/mol. The Morgan fingerprint density at radius 3 is 1.89 bits per heavy atom. The zero-order chi connectivity index (χ0) is 25.7. The van der Waals surface area contributed by atoms with Crippen LogP contribution in [-0.4, -0.2) is 15.7 Å². The van der Waals surface area contributed by atoms with Gasteiger partial charge in [-0.3, -0.25) is 9.48 Å². The number of rotatable bonds is 8. The molecule has 0 aliphatic heterocycles. The molecule has 0 bridgehead atoms. The lowest BCUT2D eigenvalue weighted by Crippen LogP contribution is -2.38. The van der Waals surface area contributed by atoms with E-state index in [2.05, 4.69) is 41.7 Å². The highest BCUT2D eigenvalue weighted by molar-refractivity contribution is 6.31. The van der Waals surface area contributed by atoms with Crippen molar-refractivity contribution in [2.75, 3.05) is 0 Å². The Kier molecular flexibility index (Phi) is 7.15. The molecule has 0 unspecified atom stereocenters. The van der Waals surface area contributed by atoms with Crippen LogP contribution in [0.3, 0.4) is 0 Å². The minimum atomic E-state index is -0.736. The fourth-order valence-corrected chi connectivity index (χ4v) is 4.91. The average Bonchev–Trinajstić information content (AvgIpc) is 3.39. The third-order valence-electron chi connectivity index (χ3n) is 6.41. The topological polar surface area (TPSA) is 46.9 Å². The molecule has 1 heterocycles. The molecule has 1 aromatic heterocycles. The molecule has 4 aromatic carbocycles. The van der Waals surface area contributed by atoms with Crippen LogP contribution in [0.4, 0.5) is 4.39 Å². The van der Waals surface area contributed by atoms with Crippen LogP contribution in [0.2, 0.25) is 5.02 Å². The zero-order valence-corrected chi connectivity index (χ0v) is 20.8. The normalized spacial score (nSPS) is 11.3. The van der Waals surface area contributed by atoms with Crippen LogP contribution in [0.5, 0.6) is 0 Å². The predicted octanol–water partition coefficient (Wildman–Crippen LogP) is 6.37. The van der Waals surface area contributed by atoms with Crippen LogP contribution in [0, 0.1) is 5.82 Å². The first-order chi connectivity index (χ1) is 18.1. The maximum absolute atomic E-state index is 13.3. The van der Waals surface area contributed by atoms with Crippen LogP contribution in [-0.2, 0) is 23.3 Å². The van der Waals surface area contributed by atoms with Gasteiger partial charge in [0.15, 0.2) is 0 Å². The quantitative estimate of drug-likeness (QED) is 0.247. The van der Waals surface area contributed by atoms with Gasteiger partial charge in [-0.05, 0) is 39.9 Å². The fourth-order valence-electron chi connectivity index (χ4n) is 4.68. The maximum Gasteiger partial charge on any atom is 0.224 e. The molecular formula is C31H25ClFN3O. The lowest BCUT2D eigenvalue weighted by Gasteiger charge is -2.36. The summed E-state index contributed by atoms with van der Waals surface area (Å²) in [7, 11) is 0. The van der Waals surface area contributed by atoms with Gasteiger partial charge in [0.2, 0.25) is 5.91 Å². The third kappa shape index (κ3) is 5.04. The van der Waals surface area contributed by atoms with Crippen molar-refractivity contribution in [2.24, 2.45) is 0 Å². The summed E-state index contributed by atoms with van der Waals surface area (Å²) in [5.41, 5.74) is 3.85. The van der Waals surface area contributed by atoms with E-state index in [-0.39, 0.29) is 23.9 Å². The average molecular weight is 510 g/mol. The Bertz CT molecular complexity index is 1390. The monoisotopic (exact) mass is 509 g/mol. The first-order valence-electron chi connectivity index (χ1n) is 12.0. The molecule has 0 saturated carbocycles. The summed E-state index contributed by atoms with van der Waals surface area (Å²) in [6.45, 7) is 0.216. The maximum atomic E-state index is 13.3. The van der Waals surface area contributed by atoms with E-state index in [1.165, 1.54) is 12.1 Å². The molecule has 5 rings (SSSR count). The van der Waals surface area contributed by atoms with Gasteiger partial charge in [0.1, 0.15) is 11.4 Å². The summed E-state index contributed by atoms with van der Waals surface area (Å²) in [5, 5.41) is 7.94. The van der Waals surface area contributed by atoms with Crippen molar-refractivity contribution >= 4 is 17.5 Å². The molecule has 1 amide bonds. The molecule has 6 heteroatoms. The van der Waals surface area contributed by atoms with Gasteiger partial charge >= 0.3 is 0 Å². The number of nitrogens with zero attached hydrogens (tertiary/aromatic N) is 2. The second kappa shape index (κ2) is 10.8. The van der Waals surface area contributed by atoms with Crippen molar-refractivity contribution in [3.8, 4) is 0 Å². The van der Waals surface area contributed by atoms with Gasteiger partial charge in [-0.2, -0.15) is 5.10 Å². The molecule has 4 nitrogen and oxygen atoms in total. The van der Waals surface area contributed by atoms with Gasteiger partial charge in [0, 0.05) is 17.8 Å². The summed E-state index contributed by atoms with van der Waals surface area (Å²) >= 11 is 6.10. The Hall–Kier alpha value is -4.22. The number of halogens is 2. The number of carbonyl (C=O) groups excluding carboxylic acids is 1. The summed E-state index contributed by atoms with van der Waals surface area (Å²) in [4.78, 5) is 12.8. The Balaban J connectivity index is 1.49. The summed E-state index contributed by atoms with van der Waals surface area (Å²) < 4.78 is 15.3. The van der Waals surface area contributed by atoms with Crippen molar-refractivity contribution in [3.05, 3.63) is 160 Å². The number of benzene rings is 4. The van der Waals surface area contributed by atoms with E-state index >= 15 is 0 Å².